The zero-order valence-electron chi connectivity index (χ0n) is 13.1. The Bertz CT molecular complexity index is 663. The molecule has 1 unspecified atom stereocenters. The van der Waals surface area contributed by atoms with E-state index >= 15 is 0 Å². The number of carbonyl (C=O) groups excluding carboxylic acids is 1. The molecule has 1 aliphatic heterocycles. The molecule has 6 nitrogen and oxygen atoms in total. The lowest BCUT2D eigenvalue weighted by molar-refractivity contribution is -0.130. The van der Waals surface area contributed by atoms with Gasteiger partial charge < -0.3 is 10.6 Å². The van der Waals surface area contributed by atoms with Crippen LogP contribution in [0.3, 0.4) is 0 Å². The zero-order chi connectivity index (χ0) is 17.1. The van der Waals surface area contributed by atoms with E-state index < -0.39 is 15.8 Å². The van der Waals surface area contributed by atoms with Crippen molar-refractivity contribution in [3.63, 3.8) is 0 Å². The quantitative estimate of drug-likeness (QED) is 0.795. The van der Waals surface area contributed by atoms with E-state index in [4.69, 9.17) is 5.73 Å². The molecule has 1 fully saturated rings. The third kappa shape index (κ3) is 4.49. The monoisotopic (exact) mass is 343 g/mol. The molecule has 1 atom stereocenters. The highest BCUT2D eigenvalue weighted by atomic mass is 32.2. The number of nitrogens with one attached hydrogen (secondary N) is 1. The molecule has 8 heteroatoms. The van der Waals surface area contributed by atoms with Crippen molar-refractivity contribution in [2.45, 2.75) is 24.7 Å². The van der Waals surface area contributed by atoms with Crippen LogP contribution in [0.2, 0.25) is 0 Å². The number of halogens is 1. The summed E-state index contributed by atoms with van der Waals surface area (Å²) in [7, 11) is -3.73. The van der Waals surface area contributed by atoms with Crippen LogP contribution in [0.4, 0.5) is 4.39 Å². The highest BCUT2D eigenvalue weighted by molar-refractivity contribution is 7.89. The molecule has 1 aromatic carbocycles. The molecule has 1 saturated heterocycles. The maximum absolute atomic E-state index is 12.8. The number of benzene rings is 1. The lowest BCUT2D eigenvalue weighted by Gasteiger charge is -2.22. The van der Waals surface area contributed by atoms with Crippen LogP contribution in [-0.2, 0) is 14.8 Å². The maximum Gasteiger partial charge on any atom is 0.240 e. The maximum atomic E-state index is 12.8. The second kappa shape index (κ2) is 6.94. The number of nitrogens with zero attached hydrogens (tertiary/aromatic N) is 1. The van der Waals surface area contributed by atoms with Gasteiger partial charge in [0.25, 0.3) is 0 Å². The normalized spacial score (nSPS) is 21.6. The third-order valence-corrected chi connectivity index (χ3v) is 5.64. The number of carbonyl (C=O) groups is 1. The molecule has 0 bridgehead atoms. The smallest absolute Gasteiger partial charge is 0.240 e. The van der Waals surface area contributed by atoms with Crippen molar-refractivity contribution >= 4 is 15.9 Å². The Morgan fingerprint density at radius 2 is 2.04 bits per heavy atom. The van der Waals surface area contributed by atoms with Gasteiger partial charge in [0.15, 0.2) is 0 Å². The number of hydrogen-bond donors (Lipinski definition) is 2. The van der Waals surface area contributed by atoms with Gasteiger partial charge in [-0.2, -0.15) is 0 Å². The van der Waals surface area contributed by atoms with Crippen molar-refractivity contribution in [1.82, 2.24) is 9.62 Å². The van der Waals surface area contributed by atoms with E-state index in [-0.39, 0.29) is 29.2 Å². The molecule has 2 rings (SSSR count). The Hall–Kier alpha value is -1.51. The summed E-state index contributed by atoms with van der Waals surface area (Å²) in [6.07, 6.45) is 0.942. The summed E-state index contributed by atoms with van der Waals surface area (Å²) in [5.41, 5.74) is 5.65. The minimum absolute atomic E-state index is 0.00832. The first-order chi connectivity index (χ1) is 10.8. The molecule has 1 aromatic rings. The van der Waals surface area contributed by atoms with E-state index in [0.29, 0.717) is 19.6 Å². The second-order valence-corrected chi connectivity index (χ2v) is 7.95. The van der Waals surface area contributed by atoms with Gasteiger partial charge in [-0.1, -0.05) is 6.92 Å². The highest BCUT2D eigenvalue weighted by Gasteiger charge is 2.34. The molecule has 128 valence electrons. The Morgan fingerprint density at radius 1 is 1.39 bits per heavy atom. The van der Waals surface area contributed by atoms with Gasteiger partial charge in [0.2, 0.25) is 15.9 Å². The SMILES string of the molecule is CC1(CN)CCN(C(=O)CCNS(=O)(=O)c2ccc(F)cc2)C1. The van der Waals surface area contributed by atoms with Crippen molar-refractivity contribution in [3.05, 3.63) is 30.1 Å². The third-order valence-electron chi connectivity index (χ3n) is 4.16. The van der Waals surface area contributed by atoms with E-state index in [1.165, 1.54) is 12.1 Å². The van der Waals surface area contributed by atoms with Crippen LogP contribution >= 0.6 is 0 Å². The summed E-state index contributed by atoms with van der Waals surface area (Å²) in [5.74, 6) is -0.597. The number of amides is 1. The second-order valence-electron chi connectivity index (χ2n) is 6.18. The predicted octanol–water partition coefficient (Wildman–Crippen LogP) is 0.691. The lowest BCUT2D eigenvalue weighted by atomic mass is 9.90. The molecule has 0 radical (unpaired) electrons. The van der Waals surface area contributed by atoms with Crippen LogP contribution in [0.15, 0.2) is 29.2 Å². The summed E-state index contributed by atoms with van der Waals surface area (Å²) in [5, 5.41) is 0. The highest BCUT2D eigenvalue weighted by Crippen LogP contribution is 2.28. The molecule has 1 amide bonds. The van der Waals surface area contributed by atoms with Crippen LogP contribution in [0.25, 0.3) is 0 Å². The van der Waals surface area contributed by atoms with E-state index in [0.717, 1.165) is 18.6 Å². The first-order valence-corrected chi connectivity index (χ1v) is 8.97. The van der Waals surface area contributed by atoms with Crippen LogP contribution < -0.4 is 10.5 Å². The topological polar surface area (TPSA) is 92.5 Å². The van der Waals surface area contributed by atoms with Crippen molar-refractivity contribution in [2.24, 2.45) is 11.1 Å². The average molecular weight is 343 g/mol. The van der Waals surface area contributed by atoms with Crippen LogP contribution in [0.1, 0.15) is 19.8 Å². The van der Waals surface area contributed by atoms with Crippen molar-refractivity contribution in [3.8, 4) is 0 Å². The van der Waals surface area contributed by atoms with Crippen LogP contribution in [-0.4, -0.2) is 45.4 Å². The first kappa shape index (κ1) is 17.8. The van der Waals surface area contributed by atoms with Gasteiger partial charge in [-0.05, 0) is 42.6 Å². The van der Waals surface area contributed by atoms with Gasteiger partial charge in [0, 0.05) is 26.1 Å². The number of nitrogens with two attached hydrogens (primary N) is 1. The van der Waals surface area contributed by atoms with Gasteiger partial charge in [0.05, 0.1) is 4.90 Å². The van der Waals surface area contributed by atoms with Crippen molar-refractivity contribution < 1.29 is 17.6 Å². The van der Waals surface area contributed by atoms with Gasteiger partial charge in [-0.25, -0.2) is 17.5 Å². The lowest BCUT2D eigenvalue weighted by Crippen LogP contribution is -2.36. The minimum Gasteiger partial charge on any atom is -0.342 e. The fourth-order valence-corrected chi connectivity index (χ4v) is 3.58. The molecular weight excluding hydrogens is 321 g/mol. The van der Waals surface area contributed by atoms with E-state index in [9.17, 15) is 17.6 Å². The van der Waals surface area contributed by atoms with Gasteiger partial charge in [0.1, 0.15) is 5.82 Å². The van der Waals surface area contributed by atoms with E-state index in [2.05, 4.69) is 4.72 Å². The number of likely N-dealkylation sites (tertiary alicyclic amines) is 1. The Labute approximate surface area is 135 Å². The Kier molecular flexibility index (Phi) is 5.38. The molecule has 0 aliphatic carbocycles. The molecule has 0 aromatic heterocycles. The summed E-state index contributed by atoms with van der Waals surface area (Å²) in [4.78, 5) is 13.8. The van der Waals surface area contributed by atoms with Crippen molar-refractivity contribution in [2.75, 3.05) is 26.2 Å². The van der Waals surface area contributed by atoms with Gasteiger partial charge in [-0.15, -0.1) is 0 Å². The molecule has 3 N–H and O–H groups in total. The number of sulfonamides is 1. The standard InChI is InChI=1S/C15H22FN3O3S/c1-15(10-17)7-9-19(11-15)14(20)6-8-18-23(21,22)13-4-2-12(16)3-5-13/h2-5,18H,6-11,17H2,1H3. The summed E-state index contributed by atoms with van der Waals surface area (Å²) in [6, 6.07) is 4.54. The fraction of sp³-hybridized carbons (Fsp3) is 0.533. The molecule has 0 saturated carbocycles. The Morgan fingerprint density at radius 3 is 2.61 bits per heavy atom. The van der Waals surface area contributed by atoms with Crippen LogP contribution in [0.5, 0.6) is 0 Å². The molecule has 0 spiro atoms. The first-order valence-electron chi connectivity index (χ1n) is 7.49. The molecule has 1 heterocycles. The average Bonchev–Trinajstić information content (AvgIpc) is 2.91. The van der Waals surface area contributed by atoms with E-state index in [1.54, 1.807) is 4.90 Å². The fourth-order valence-electron chi connectivity index (χ4n) is 2.55. The molecular formula is C15H22FN3O3S. The Balaban J connectivity index is 1.85. The number of hydrogen-bond acceptors (Lipinski definition) is 4. The van der Waals surface area contributed by atoms with Crippen molar-refractivity contribution in [1.29, 1.82) is 0 Å². The van der Waals surface area contributed by atoms with Gasteiger partial charge >= 0.3 is 0 Å². The summed E-state index contributed by atoms with van der Waals surface area (Å²) >= 11 is 0. The number of rotatable bonds is 6. The summed E-state index contributed by atoms with van der Waals surface area (Å²) in [6.45, 7) is 3.82. The predicted molar refractivity (Wildman–Crippen MR) is 84.6 cm³/mol. The van der Waals surface area contributed by atoms with Crippen LogP contribution in [0, 0.1) is 11.2 Å². The van der Waals surface area contributed by atoms with E-state index in [1.807, 2.05) is 6.92 Å². The molecule has 1 aliphatic rings. The van der Waals surface area contributed by atoms with Gasteiger partial charge in [-0.3, -0.25) is 4.79 Å². The molecule has 23 heavy (non-hydrogen) atoms. The minimum atomic E-state index is -3.73. The zero-order valence-corrected chi connectivity index (χ0v) is 13.9. The summed E-state index contributed by atoms with van der Waals surface area (Å²) < 4.78 is 39.2. The largest absolute Gasteiger partial charge is 0.342 e.